The van der Waals surface area contributed by atoms with Crippen molar-refractivity contribution in [1.29, 1.82) is 0 Å². The first kappa shape index (κ1) is 25.1. The van der Waals surface area contributed by atoms with Gasteiger partial charge in [0.2, 0.25) is 0 Å². The summed E-state index contributed by atoms with van der Waals surface area (Å²) < 4.78 is 19.2. The molecule has 0 aliphatic carbocycles. The summed E-state index contributed by atoms with van der Waals surface area (Å²) in [5, 5.41) is 11.8. The molecule has 194 valence electrons. The van der Waals surface area contributed by atoms with Gasteiger partial charge < -0.3 is 18.8 Å². The minimum absolute atomic E-state index is 0.0716. The first-order chi connectivity index (χ1) is 18.3. The average molecular weight is 516 g/mol. The number of rotatable bonds is 7. The van der Waals surface area contributed by atoms with Gasteiger partial charge in [-0.05, 0) is 44.2 Å². The van der Waals surface area contributed by atoms with E-state index in [4.69, 9.17) is 14.2 Å². The van der Waals surface area contributed by atoms with E-state index in [-0.39, 0.29) is 18.7 Å². The number of fused-ring (bicyclic) bond motifs is 1. The molecule has 0 saturated carbocycles. The Morgan fingerprint density at radius 2 is 1.63 bits per heavy atom. The number of carbonyl (C=O) groups excluding carboxylic acids is 2. The molecule has 3 heterocycles. The van der Waals surface area contributed by atoms with Gasteiger partial charge in [0, 0.05) is 24.9 Å². The van der Waals surface area contributed by atoms with E-state index in [1.807, 2.05) is 38.1 Å². The minimum atomic E-state index is -0.764. The molecular weight excluding hydrogens is 490 g/mol. The molecule has 1 aliphatic heterocycles. The van der Waals surface area contributed by atoms with Crippen molar-refractivity contribution in [3.8, 4) is 0 Å². The Kier molecular flexibility index (Phi) is 6.89. The third kappa shape index (κ3) is 5.12. The van der Waals surface area contributed by atoms with Gasteiger partial charge in [0.25, 0.3) is 5.69 Å². The third-order valence-corrected chi connectivity index (χ3v) is 6.49. The van der Waals surface area contributed by atoms with E-state index in [0.717, 1.165) is 11.1 Å². The van der Waals surface area contributed by atoms with Crippen LogP contribution in [0.1, 0.15) is 44.5 Å². The summed E-state index contributed by atoms with van der Waals surface area (Å²) in [6.45, 7) is 3.69. The maximum absolute atomic E-state index is 12.9. The van der Waals surface area contributed by atoms with Crippen LogP contribution in [0.3, 0.4) is 0 Å². The smallest absolute Gasteiger partial charge is 0.338 e. The number of carbonyl (C=O) groups is 2. The summed E-state index contributed by atoms with van der Waals surface area (Å²) in [5.74, 6) is -1.05. The van der Waals surface area contributed by atoms with E-state index in [9.17, 15) is 19.7 Å². The molecule has 2 aromatic carbocycles. The summed E-state index contributed by atoms with van der Waals surface area (Å²) in [5.41, 5.74) is 3.10. The van der Waals surface area contributed by atoms with Gasteiger partial charge in [0.05, 0.1) is 21.4 Å². The number of aryl methyl sites for hydroxylation is 2. The Balaban J connectivity index is 1.38. The van der Waals surface area contributed by atoms with Crippen molar-refractivity contribution >= 4 is 28.7 Å². The third-order valence-electron chi connectivity index (χ3n) is 6.49. The monoisotopic (exact) mass is 515 g/mol. The van der Waals surface area contributed by atoms with Gasteiger partial charge in [-0.3, -0.25) is 10.1 Å². The zero-order chi connectivity index (χ0) is 26.8. The summed E-state index contributed by atoms with van der Waals surface area (Å²) in [6, 6.07) is 16.9. The fraction of sp³-hybridized carbons (Fsp3) is 0.250. The highest BCUT2D eigenvalue weighted by atomic mass is 16.6. The molecule has 0 unspecified atom stereocenters. The Hall–Kier alpha value is -4.57. The van der Waals surface area contributed by atoms with Crippen LogP contribution in [-0.2, 0) is 14.2 Å². The van der Waals surface area contributed by atoms with Crippen molar-refractivity contribution in [2.45, 2.75) is 38.7 Å². The van der Waals surface area contributed by atoms with Gasteiger partial charge in [0.1, 0.15) is 30.7 Å². The molecule has 3 atom stereocenters. The second-order valence-electron chi connectivity index (χ2n) is 9.19. The van der Waals surface area contributed by atoms with Crippen LogP contribution in [0.25, 0.3) is 11.0 Å². The molecule has 5 rings (SSSR count). The van der Waals surface area contributed by atoms with Gasteiger partial charge in [-0.2, -0.15) is 0 Å². The van der Waals surface area contributed by atoms with E-state index in [2.05, 4.69) is 4.98 Å². The Labute approximate surface area is 217 Å². The van der Waals surface area contributed by atoms with Crippen LogP contribution in [0.5, 0.6) is 0 Å². The number of ether oxygens (including phenoxy) is 3. The van der Waals surface area contributed by atoms with Gasteiger partial charge in [0.15, 0.2) is 0 Å². The summed E-state index contributed by atoms with van der Waals surface area (Å²) in [6.07, 6.45) is 1.09. The quantitative estimate of drug-likeness (QED) is 0.193. The molecule has 0 spiro atoms. The van der Waals surface area contributed by atoms with E-state index in [1.54, 1.807) is 41.1 Å². The van der Waals surface area contributed by atoms with Crippen molar-refractivity contribution in [2.24, 2.45) is 0 Å². The lowest BCUT2D eigenvalue weighted by molar-refractivity contribution is -0.383. The van der Waals surface area contributed by atoms with E-state index >= 15 is 0 Å². The van der Waals surface area contributed by atoms with Crippen LogP contribution in [0, 0.1) is 24.0 Å². The Morgan fingerprint density at radius 3 is 2.26 bits per heavy atom. The molecule has 1 fully saturated rings. The van der Waals surface area contributed by atoms with Crippen molar-refractivity contribution in [3.05, 3.63) is 105 Å². The highest BCUT2D eigenvalue weighted by molar-refractivity contribution is 5.90. The largest absolute Gasteiger partial charge is 0.459 e. The Bertz CT molecular complexity index is 1500. The molecular formula is C28H25N3O7. The first-order valence-electron chi connectivity index (χ1n) is 12.1. The molecule has 2 aromatic heterocycles. The van der Waals surface area contributed by atoms with Crippen molar-refractivity contribution < 1.29 is 28.7 Å². The highest BCUT2D eigenvalue weighted by Crippen LogP contribution is 2.35. The number of nitro groups is 1. The van der Waals surface area contributed by atoms with Crippen LogP contribution in [0.4, 0.5) is 5.69 Å². The van der Waals surface area contributed by atoms with E-state index < -0.39 is 35.3 Å². The van der Waals surface area contributed by atoms with E-state index in [0.29, 0.717) is 22.2 Å². The van der Waals surface area contributed by atoms with Crippen LogP contribution in [0.2, 0.25) is 0 Å². The number of nitrogens with zero attached hydrogens (tertiary/aromatic N) is 3. The first-order valence-corrected chi connectivity index (χ1v) is 12.1. The zero-order valence-corrected chi connectivity index (χ0v) is 20.8. The Morgan fingerprint density at radius 1 is 1.00 bits per heavy atom. The molecule has 0 bridgehead atoms. The maximum Gasteiger partial charge on any atom is 0.338 e. The second-order valence-corrected chi connectivity index (χ2v) is 9.19. The minimum Gasteiger partial charge on any atom is -0.459 e. The van der Waals surface area contributed by atoms with Gasteiger partial charge in [-0.1, -0.05) is 35.4 Å². The lowest BCUT2D eigenvalue weighted by Gasteiger charge is -2.19. The van der Waals surface area contributed by atoms with Gasteiger partial charge >= 0.3 is 11.9 Å². The molecule has 10 heteroatoms. The summed E-state index contributed by atoms with van der Waals surface area (Å²) in [7, 11) is 0. The SMILES string of the molecule is Cc1ccc(C(=O)OC[C@H]2O[C@@H](n3ccc4c([N+](=O)[O-])ccnc43)C[C@@H]2OC(=O)c2ccc(C)cc2)cc1. The highest BCUT2D eigenvalue weighted by Gasteiger charge is 2.40. The van der Waals surface area contributed by atoms with Gasteiger partial charge in [-0.25, -0.2) is 14.6 Å². The summed E-state index contributed by atoms with van der Waals surface area (Å²) in [4.78, 5) is 40.8. The zero-order valence-electron chi connectivity index (χ0n) is 20.8. The maximum atomic E-state index is 12.9. The van der Waals surface area contributed by atoms with Crippen LogP contribution in [0.15, 0.2) is 73.1 Å². The molecule has 10 nitrogen and oxygen atoms in total. The number of hydrogen-bond donors (Lipinski definition) is 0. The standard InChI is InChI=1S/C28H25N3O7/c1-17-3-7-19(8-4-17)27(32)36-16-24-23(38-28(33)20-9-5-18(2)6-10-20)15-25(37-24)30-14-12-21-22(31(34)35)11-13-29-26(21)30/h3-14,23-25H,15-16H2,1-2H3/t23-,24+,25+/m0/s1. The number of aromatic nitrogens is 2. The average Bonchev–Trinajstić information content (AvgIpc) is 3.51. The van der Waals surface area contributed by atoms with E-state index in [1.165, 1.54) is 12.3 Å². The van der Waals surface area contributed by atoms with Crippen LogP contribution in [-0.4, -0.2) is 45.2 Å². The number of hydrogen-bond acceptors (Lipinski definition) is 8. The number of benzene rings is 2. The fourth-order valence-corrected chi connectivity index (χ4v) is 4.41. The van der Waals surface area contributed by atoms with Crippen molar-refractivity contribution in [3.63, 3.8) is 0 Å². The van der Waals surface area contributed by atoms with Crippen molar-refractivity contribution in [2.75, 3.05) is 6.61 Å². The predicted octanol–water partition coefficient (Wildman–Crippen LogP) is 4.93. The van der Waals surface area contributed by atoms with Crippen LogP contribution >= 0.6 is 0 Å². The lowest BCUT2D eigenvalue weighted by atomic mass is 10.1. The normalized spacial score (nSPS) is 18.8. The fourth-order valence-electron chi connectivity index (χ4n) is 4.41. The van der Waals surface area contributed by atoms with Crippen LogP contribution < -0.4 is 0 Å². The molecule has 0 radical (unpaired) electrons. The second kappa shape index (κ2) is 10.4. The predicted molar refractivity (Wildman–Crippen MR) is 137 cm³/mol. The topological polar surface area (TPSA) is 123 Å². The number of pyridine rings is 1. The lowest BCUT2D eigenvalue weighted by Crippen LogP contribution is -2.32. The molecule has 38 heavy (non-hydrogen) atoms. The molecule has 1 saturated heterocycles. The number of esters is 2. The summed E-state index contributed by atoms with van der Waals surface area (Å²) >= 11 is 0. The van der Waals surface area contributed by atoms with Gasteiger partial charge in [-0.15, -0.1) is 0 Å². The molecule has 0 N–H and O–H groups in total. The molecule has 1 aliphatic rings. The van der Waals surface area contributed by atoms with Crippen molar-refractivity contribution in [1.82, 2.24) is 9.55 Å². The molecule has 0 amide bonds. The molecule has 4 aromatic rings.